The zero-order valence-corrected chi connectivity index (χ0v) is 22.8. The molecule has 0 heterocycles. The number of amides is 2. The van der Waals surface area contributed by atoms with Crippen molar-refractivity contribution in [1.29, 1.82) is 0 Å². The van der Waals surface area contributed by atoms with Gasteiger partial charge in [0.1, 0.15) is 11.8 Å². The molecule has 0 saturated heterocycles. The Kier molecular flexibility index (Phi) is 10.4. The van der Waals surface area contributed by atoms with E-state index in [0.717, 1.165) is 14.7 Å². The van der Waals surface area contributed by atoms with Crippen LogP contribution in [0.4, 0.5) is 0 Å². The number of halogens is 2. The number of nitrogens with zero attached hydrogens (tertiary/aromatic N) is 1. The second-order valence-electron chi connectivity index (χ2n) is 8.74. The van der Waals surface area contributed by atoms with Gasteiger partial charge in [0, 0.05) is 28.1 Å². The molecule has 3 aromatic rings. The summed E-state index contributed by atoms with van der Waals surface area (Å²) in [5.74, 6) is 0.430. The fourth-order valence-corrected chi connectivity index (χ4v) is 4.14. The van der Waals surface area contributed by atoms with Crippen LogP contribution in [0.3, 0.4) is 0 Å². The lowest BCUT2D eigenvalue weighted by atomic mass is 10.0. The number of carbonyl (C=O) groups is 2. The molecule has 0 bridgehead atoms. The van der Waals surface area contributed by atoms with Crippen molar-refractivity contribution in [2.45, 2.75) is 32.9 Å². The van der Waals surface area contributed by atoms with Crippen LogP contribution in [0.25, 0.3) is 0 Å². The number of hydrogen-bond donors (Lipinski definition) is 1. The Morgan fingerprint density at radius 2 is 1.66 bits per heavy atom. The quantitative estimate of drug-likeness (QED) is 0.284. The maximum absolute atomic E-state index is 13.5. The summed E-state index contributed by atoms with van der Waals surface area (Å²) >= 11 is 8.43. The summed E-state index contributed by atoms with van der Waals surface area (Å²) in [6.07, 6.45) is 0.389. The zero-order chi connectivity index (χ0) is 25.2. The van der Waals surface area contributed by atoms with Crippen molar-refractivity contribution in [3.63, 3.8) is 0 Å². The molecule has 0 radical (unpaired) electrons. The molecule has 0 aliphatic carbocycles. The van der Waals surface area contributed by atoms with E-state index in [1.54, 1.807) is 11.0 Å². The number of nitrogens with one attached hydrogen (secondary N) is 1. The normalized spacial score (nSPS) is 11.7. The summed E-state index contributed by atoms with van der Waals surface area (Å²) in [5.41, 5.74) is 1.81. The van der Waals surface area contributed by atoms with Gasteiger partial charge in [-0.05, 0) is 76.0 Å². The molecule has 35 heavy (non-hydrogen) atoms. The van der Waals surface area contributed by atoms with Crippen LogP contribution in [0.5, 0.6) is 5.75 Å². The molecule has 184 valence electrons. The van der Waals surface area contributed by atoms with Crippen LogP contribution in [-0.2, 0) is 22.6 Å². The van der Waals surface area contributed by atoms with E-state index in [0.29, 0.717) is 23.7 Å². The van der Waals surface area contributed by atoms with Gasteiger partial charge >= 0.3 is 0 Å². The predicted octanol–water partition coefficient (Wildman–Crippen LogP) is 5.74. The van der Waals surface area contributed by atoms with E-state index in [1.165, 1.54) is 0 Å². The minimum absolute atomic E-state index is 0.177. The summed E-state index contributed by atoms with van der Waals surface area (Å²) < 4.78 is 6.87. The zero-order valence-electron chi connectivity index (χ0n) is 19.9. The molecule has 0 aliphatic heterocycles. The third kappa shape index (κ3) is 8.85. The molecule has 1 atom stereocenters. The molecule has 0 aromatic heterocycles. The topological polar surface area (TPSA) is 58.6 Å². The van der Waals surface area contributed by atoms with Crippen molar-refractivity contribution in [2.75, 3.05) is 13.2 Å². The Labute approximate surface area is 226 Å². The van der Waals surface area contributed by atoms with E-state index < -0.39 is 6.04 Å². The van der Waals surface area contributed by atoms with Crippen molar-refractivity contribution >= 4 is 46.0 Å². The molecule has 0 saturated carbocycles. The van der Waals surface area contributed by atoms with Crippen molar-refractivity contribution in [3.8, 4) is 5.75 Å². The molecule has 0 unspecified atom stereocenters. The monoisotopic (exact) mass is 604 g/mol. The van der Waals surface area contributed by atoms with Gasteiger partial charge in [-0.3, -0.25) is 9.59 Å². The van der Waals surface area contributed by atoms with E-state index in [1.807, 2.05) is 86.6 Å². The van der Waals surface area contributed by atoms with Gasteiger partial charge in [-0.25, -0.2) is 0 Å². The first kappa shape index (κ1) is 27.0. The average Bonchev–Trinajstić information content (AvgIpc) is 2.85. The Morgan fingerprint density at radius 1 is 0.971 bits per heavy atom. The second kappa shape index (κ2) is 13.5. The molecule has 0 fully saturated rings. The number of benzene rings is 3. The third-order valence-electron chi connectivity index (χ3n) is 5.37. The fourth-order valence-electron chi connectivity index (χ4n) is 3.57. The highest BCUT2D eigenvalue weighted by atomic mass is 127. The standard InChI is InChI=1S/C28H30ClIN2O3/c1-20(2)17-31-28(34)26(16-21-7-4-3-5-8-21)32(18-22-9-6-10-23(29)15-22)27(33)19-35-25-13-11-24(30)12-14-25/h3-15,20,26H,16-19H2,1-2H3,(H,31,34)/t26-/m1/s1. The van der Waals surface area contributed by atoms with E-state index in [9.17, 15) is 9.59 Å². The second-order valence-corrected chi connectivity index (χ2v) is 10.4. The number of rotatable bonds is 11. The highest BCUT2D eigenvalue weighted by molar-refractivity contribution is 14.1. The first-order valence-electron chi connectivity index (χ1n) is 11.6. The van der Waals surface area contributed by atoms with E-state index >= 15 is 0 Å². The molecule has 5 nitrogen and oxygen atoms in total. The smallest absolute Gasteiger partial charge is 0.261 e. The summed E-state index contributed by atoms with van der Waals surface area (Å²) in [6.45, 7) is 4.67. The molecule has 0 aliphatic rings. The predicted molar refractivity (Wildman–Crippen MR) is 148 cm³/mol. The molecule has 3 rings (SSSR count). The van der Waals surface area contributed by atoms with E-state index in [-0.39, 0.29) is 30.9 Å². The van der Waals surface area contributed by atoms with Crippen LogP contribution in [0.1, 0.15) is 25.0 Å². The Balaban J connectivity index is 1.89. The Bertz CT molecular complexity index is 1110. The maximum Gasteiger partial charge on any atom is 0.261 e. The van der Waals surface area contributed by atoms with Gasteiger partial charge in [0.05, 0.1) is 0 Å². The van der Waals surface area contributed by atoms with Crippen LogP contribution >= 0.6 is 34.2 Å². The minimum atomic E-state index is -0.706. The SMILES string of the molecule is CC(C)CNC(=O)[C@@H](Cc1ccccc1)N(Cc1cccc(Cl)c1)C(=O)COc1ccc(I)cc1. The summed E-state index contributed by atoms with van der Waals surface area (Å²) in [4.78, 5) is 28.5. The molecular formula is C28H30ClIN2O3. The third-order valence-corrected chi connectivity index (χ3v) is 6.33. The maximum atomic E-state index is 13.5. The summed E-state index contributed by atoms with van der Waals surface area (Å²) in [7, 11) is 0. The first-order chi connectivity index (χ1) is 16.8. The van der Waals surface area contributed by atoms with Gasteiger partial charge in [-0.2, -0.15) is 0 Å². The van der Waals surface area contributed by atoms with E-state index in [4.69, 9.17) is 16.3 Å². The van der Waals surface area contributed by atoms with Crippen LogP contribution in [-0.4, -0.2) is 35.9 Å². The highest BCUT2D eigenvalue weighted by Crippen LogP contribution is 2.19. The fraction of sp³-hybridized carbons (Fsp3) is 0.286. The minimum Gasteiger partial charge on any atom is -0.484 e. The molecule has 7 heteroatoms. The molecule has 3 aromatic carbocycles. The van der Waals surface area contributed by atoms with E-state index in [2.05, 4.69) is 27.9 Å². The van der Waals surface area contributed by atoms with Crippen LogP contribution in [0, 0.1) is 9.49 Å². The molecular weight excluding hydrogens is 575 g/mol. The molecule has 0 spiro atoms. The Morgan fingerprint density at radius 3 is 2.31 bits per heavy atom. The number of hydrogen-bond acceptors (Lipinski definition) is 3. The summed E-state index contributed by atoms with van der Waals surface area (Å²) in [6, 6.07) is 23.8. The van der Waals surface area contributed by atoms with Crippen molar-refractivity contribution in [2.24, 2.45) is 5.92 Å². The van der Waals surface area contributed by atoms with Gasteiger partial charge in [-0.1, -0.05) is 67.9 Å². The number of ether oxygens (including phenoxy) is 1. The van der Waals surface area contributed by atoms with Gasteiger partial charge in [0.2, 0.25) is 5.91 Å². The van der Waals surface area contributed by atoms with Gasteiger partial charge in [0.15, 0.2) is 6.61 Å². The van der Waals surface area contributed by atoms with Gasteiger partial charge in [-0.15, -0.1) is 0 Å². The summed E-state index contributed by atoms with van der Waals surface area (Å²) in [5, 5.41) is 3.59. The first-order valence-corrected chi connectivity index (χ1v) is 13.0. The van der Waals surface area contributed by atoms with Gasteiger partial charge < -0.3 is 15.0 Å². The van der Waals surface area contributed by atoms with Crippen LogP contribution in [0.15, 0.2) is 78.9 Å². The van der Waals surface area contributed by atoms with Crippen molar-refractivity contribution in [3.05, 3.63) is 98.6 Å². The van der Waals surface area contributed by atoms with Crippen LogP contribution in [0.2, 0.25) is 5.02 Å². The van der Waals surface area contributed by atoms with Crippen LogP contribution < -0.4 is 10.1 Å². The largest absolute Gasteiger partial charge is 0.484 e. The molecule has 2 amide bonds. The Hall–Kier alpha value is -2.58. The van der Waals surface area contributed by atoms with Gasteiger partial charge in [0.25, 0.3) is 5.91 Å². The van der Waals surface area contributed by atoms with Crippen molar-refractivity contribution < 1.29 is 14.3 Å². The lowest BCUT2D eigenvalue weighted by Gasteiger charge is -2.31. The molecule has 1 N–H and O–H groups in total. The lowest BCUT2D eigenvalue weighted by Crippen LogP contribution is -2.52. The average molecular weight is 605 g/mol. The highest BCUT2D eigenvalue weighted by Gasteiger charge is 2.30. The number of carbonyl (C=O) groups excluding carboxylic acids is 2. The lowest BCUT2D eigenvalue weighted by molar-refractivity contribution is -0.142. The van der Waals surface area contributed by atoms with Crippen molar-refractivity contribution in [1.82, 2.24) is 10.2 Å².